The van der Waals surface area contributed by atoms with E-state index in [-0.39, 0.29) is 0 Å². The Bertz CT molecular complexity index is 366. The van der Waals surface area contributed by atoms with Gasteiger partial charge in [0.2, 0.25) is 0 Å². The van der Waals surface area contributed by atoms with Crippen LogP contribution in [0.3, 0.4) is 0 Å². The minimum Gasteiger partial charge on any atom is -0.305 e. The molecule has 1 heterocycles. The quantitative estimate of drug-likeness (QED) is 0.848. The molecule has 0 saturated heterocycles. The Labute approximate surface area is 101 Å². The van der Waals surface area contributed by atoms with Gasteiger partial charge in [-0.05, 0) is 51.4 Å². The molecule has 3 rings (SSSR count). The highest BCUT2D eigenvalue weighted by Gasteiger charge is 2.37. The molecule has 2 saturated carbocycles. The van der Waals surface area contributed by atoms with Crippen LogP contribution in [0.25, 0.3) is 0 Å². The molecule has 2 atom stereocenters. The van der Waals surface area contributed by atoms with Crippen molar-refractivity contribution >= 4 is 11.3 Å². The van der Waals surface area contributed by atoms with Crippen LogP contribution >= 0.6 is 11.3 Å². The summed E-state index contributed by atoms with van der Waals surface area (Å²) in [4.78, 5) is 4.66. The lowest BCUT2D eigenvalue weighted by Gasteiger charge is -2.21. The highest BCUT2D eigenvalue weighted by Crippen LogP contribution is 2.43. The Morgan fingerprint density at radius 3 is 2.50 bits per heavy atom. The van der Waals surface area contributed by atoms with E-state index in [2.05, 4.69) is 29.5 Å². The molecule has 16 heavy (non-hydrogen) atoms. The fourth-order valence-corrected chi connectivity index (χ4v) is 3.32. The summed E-state index contributed by atoms with van der Waals surface area (Å²) in [5.41, 5.74) is 1.17. The largest absolute Gasteiger partial charge is 0.305 e. The predicted octanol–water partition coefficient (Wildman–Crippen LogP) is 3.29. The minimum atomic E-state index is 0.536. The van der Waals surface area contributed by atoms with E-state index in [9.17, 15) is 0 Å². The second-order valence-electron chi connectivity index (χ2n) is 5.43. The lowest BCUT2D eigenvalue weighted by Crippen LogP contribution is -2.33. The number of aromatic nitrogens is 1. The SMILES string of the molecule is Cc1csc([C@@H](N[C@H](C)C2CC2)C2CC2)n1. The van der Waals surface area contributed by atoms with Gasteiger partial charge in [0.15, 0.2) is 0 Å². The van der Waals surface area contributed by atoms with Crippen LogP contribution in [0.5, 0.6) is 0 Å². The van der Waals surface area contributed by atoms with Crippen LogP contribution < -0.4 is 5.32 Å². The van der Waals surface area contributed by atoms with Crippen molar-refractivity contribution in [2.75, 3.05) is 0 Å². The molecule has 2 nitrogen and oxygen atoms in total. The highest BCUT2D eigenvalue weighted by molar-refractivity contribution is 7.09. The normalized spacial score (nSPS) is 24.4. The first-order chi connectivity index (χ1) is 7.74. The third-order valence-corrected chi connectivity index (χ3v) is 4.81. The average Bonchev–Trinajstić information content (AvgIpc) is 3.13. The number of nitrogens with zero attached hydrogens (tertiary/aromatic N) is 1. The molecule has 0 spiro atoms. The van der Waals surface area contributed by atoms with Gasteiger partial charge in [-0.15, -0.1) is 11.3 Å². The van der Waals surface area contributed by atoms with E-state index in [1.165, 1.54) is 36.4 Å². The van der Waals surface area contributed by atoms with E-state index in [0.717, 1.165) is 11.8 Å². The summed E-state index contributed by atoms with van der Waals surface area (Å²) < 4.78 is 0. The van der Waals surface area contributed by atoms with Gasteiger partial charge in [0.1, 0.15) is 5.01 Å². The summed E-state index contributed by atoms with van der Waals surface area (Å²) in [7, 11) is 0. The summed E-state index contributed by atoms with van der Waals surface area (Å²) in [5, 5.41) is 7.31. The molecule has 2 aliphatic rings. The van der Waals surface area contributed by atoms with Crippen molar-refractivity contribution in [3.8, 4) is 0 Å². The summed E-state index contributed by atoms with van der Waals surface area (Å²) in [6.07, 6.45) is 5.60. The van der Waals surface area contributed by atoms with Gasteiger partial charge in [0.25, 0.3) is 0 Å². The van der Waals surface area contributed by atoms with E-state index in [4.69, 9.17) is 0 Å². The van der Waals surface area contributed by atoms with Gasteiger partial charge in [-0.25, -0.2) is 4.98 Å². The summed E-state index contributed by atoms with van der Waals surface area (Å²) in [6.45, 7) is 4.43. The molecule has 0 radical (unpaired) electrons. The van der Waals surface area contributed by atoms with Gasteiger partial charge in [-0.1, -0.05) is 0 Å². The highest BCUT2D eigenvalue weighted by atomic mass is 32.1. The maximum Gasteiger partial charge on any atom is 0.110 e. The van der Waals surface area contributed by atoms with Gasteiger partial charge in [-0.2, -0.15) is 0 Å². The van der Waals surface area contributed by atoms with Crippen LogP contribution in [0, 0.1) is 18.8 Å². The van der Waals surface area contributed by atoms with Gasteiger partial charge in [0, 0.05) is 17.1 Å². The number of hydrogen-bond acceptors (Lipinski definition) is 3. The number of aryl methyl sites for hydroxylation is 1. The zero-order valence-corrected chi connectivity index (χ0v) is 10.9. The molecular weight excluding hydrogens is 216 g/mol. The molecule has 0 amide bonds. The van der Waals surface area contributed by atoms with Crippen molar-refractivity contribution < 1.29 is 0 Å². The zero-order chi connectivity index (χ0) is 11.1. The molecule has 1 aromatic heterocycles. The van der Waals surface area contributed by atoms with E-state index in [1.54, 1.807) is 0 Å². The van der Waals surface area contributed by atoms with Crippen LogP contribution in [-0.2, 0) is 0 Å². The van der Waals surface area contributed by atoms with Crippen LogP contribution in [0.2, 0.25) is 0 Å². The predicted molar refractivity (Wildman–Crippen MR) is 67.6 cm³/mol. The van der Waals surface area contributed by atoms with Crippen LogP contribution in [0.4, 0.5) is 0 Å². The fraction of sp³-hybridized carbons (Fsp3) is 0.769. The molecule has 2 fully saturated rings. The standard InChI is InChI=1S/C13H20N2S/c1-8-7-16-13(14-8)12(11-5-6-11)15-9(2)10-3-4-10/h7,9-12,15H,3-6H2,1-2H3/t9-,12+/m1/s1. The van der Waals surface area contributed by atoms with Crippen molar-refractivity contribution in [3.63, 3.8) is 0 Å². The maximum atomic E-state index is 4.66. The average molecular weight is 236 g/mol. The Morgan fingerprint density at radius 2 is 2.00 bits per heavy atom. The first-order valence-corrected chi connectivity index (χ1v) is 7.30. The summed E-state index contributed by atoms with van der Waals surface area (Å²) in [5.74, 6) is 1.79. The van der Waals surface area contributed by atoms with Crippen LogP contribution in [-0.4, -0.2) is 11.0 Å². The number of nitrogens with one attached hydrogen (secondary N) is 1. The molecule has 1 aromatic rings. The van der Waals surface area contributed by atoms with Crippen LogP contribution in [0.1, 0.15) is 49.4 Å². The molecule has 0 aromatic carbocycles. The first-order valence-electron chi connectivity index (χ1n) is 6.42. The monoisotopic (exact) mass is 236 g/mol. The Balaban J connectivity index is 1.70. The molecule has 0 unspecified atom stereocenters. The van der Waals surface area contributed by atoms with Crippen molar-refractivity contribution in [2.24, 2.45) is 11.8 Å². The molecule has 2 aliphatic carbocycles. The molecule has 1 N–H and O–H groups in total. The number of hydrogen-bond donors (Lipinski definition) is 1. The van der Waals surface area contributed by atoms with Gasteiger partial charge in [-0.3, -0.25) is 0 Å². The molecular formula is C13H20N2S. The molecule has 0 bridgehead atoms. The van der Waals surface area contributed by atoms with E-state index in [1.807, 2.05) is 11.3 Å². The van der Waals surface area contributed by atoms with Crippen molar-refractivity contribution in [2.45, 2.75) is 51.6 Å². The fourth-order valence-electron chi connectivity index (χ4n) is 2.37. The summed E-state index contributed by atoms with van der Waals surface area (Å²) >= 11 is 1.83. The van der Waals surface area contributed by atoms with Gasteiger partial charge in [0.05, 0.1) is 6.04 Å². The second-order valence-corrected chi connectivity index (χ2v) is 6.32. The van der Waals surface area contributed by atoms with E-state index in [0.29, 0.717) is 12.1 Å². The lowest BCUT2D eigenvalue weighted by atomic mass is 10.1. The second kappa shape index (κ2) is 4.11. The van der Waals surface area contributed by atoms with Gasteiger partial charge < -0.3 is 5.32 Å². The third-order valence-electron chi connectivity index (χ3n) is 3.77. The van der Waals surface area contributed by atoms with Crippen molar-refractivity contribution in [1.29, 1.82) is 0 Å². The lowest BCUT2D eigenvalue weighted by molar-refractivity contribution is 0.391. The van der Waals surface area contributed by atoms with E-state index >= 15 is 0 Å². The van der Waals surface area contributed by atoms with Crippen LogP contribution in [0.15, 0.2) is 5.38 Å². The topological polar surface area (TPSA) is 24.9 Å². The maximum absolute atomic E-state index is 4.66. The zero-order valence-electron chi connectivity index (χ0n) is 10.1. The molecule has 0 aliphatic heterocycles. The minimum absolute atomic E-state index is 0.536. The molecule has 3 heteroatoms. The van der Waals surface area contributed by atoms with Gasteiger partial charge >= 0.3 is 0 Å². The number of rotatable bonds is 5. The Kier molecular flexibility index (Phi) is 2.76. The third kappa shape index (κ3) is 2.30. The Morgan fingerprint density at radius 1 is 1.31 bits per heavy atom. The summed E-state index contributed by atoms with van der Waals surface area (Å²) in [6, 6.07) is 1.21. The van der Waals surface area contributed by atoms with Crippen molar-refractivity contribution in [1.82, 2.24) is 10.3 Å². The number of thiazole rings is 1. The Hall–Kier alpha value is -0.410. The molecule has 88 valence electrons. The first kappa shape index (κ1) is 10.7. The van der Waals surface area contributed by atoms with E-state index < -0.39 is 0 Å². The smallest absolute Gasteiger partial charge is 0.110 e. The van der Waals surface area contributed by atoms with Crippen molar-refractivity contribution in [3.05, 3.63) is 16.1 Å².